The quantitative estimate of drug-likeness (QED) is 0.665. The van der Waals surface area contributed by atoms with E-state index in [2.05, 4.69) is 15.6 Å². The Kier molecular flexibility index (Phi) is 4.13. The third-order valence-corrected chi connectivity index (χ3v) is 2.90. The van der Waals surface area contributed by atoms with E-state index in [1.807, 2.05) is 6.92 Å². The van der Waals surface area contributed by atoms with Gasteiger partial charge in [-0.1, -0.05) is 0 Å². The zero-order chi connectivity index (χ0) is 15.4. The number of hydrogen-bond acceptors (Lipinski definition) is 5. The number of amides is 1. The Labute approximate surface area is 121 Å². The molecule has 1 heterocycles. The maximum atomic E-state index is 12.3. The Morgan fingerprint density at radius 2 is 2.05 bits per heavy atom. The zero-order valence-corrected chi connectivity index (χ0v) is 11.6. The minimum atomic E-state index is -0.538. The highest BCUT2D eigenvalue weighted by Crippen LogP contribution is 2.23. The van der Waals surface area contributed by atoms with Crippen LogP contribution in [0.4, 0.5) is 17.1 Å². The molecule has 0 radical (unpaired) electrons. The van der Waals surface area contributed by atoms with E-state index in [0.717, 1.165) is 5.69 Å². The maximum absolute atomic E-state index is 12.3. The molecule has 21 heavy (non-hydrogen) atoms. The molecule has 0 aliphatic heterocycles. The summed E-state index contributed by atoms with van der Waals surface area (Å²) in [6.45, 7) is 1.84. The van der Waals surface area contributed by atoms with E-state index in [1.165, 1.54) is 24.4 Å². The van der Waals surface area contributed by atoms with Crippen molar-refractivity contribution < 1.29 is 9.72 Å². The minimum Gasteiger partial charge on any atom is -0.387 e. The van der Waals surface area contributed by atoms with Gasteiger partial charge in [-0.15, -0.1) is 0 Å². The predicted molar refractivity (Wildman–Crippen MR) is 79.6 cm³/mol. The Morgan fingerprint density at radius 1 is 1.29 bits per heavy atom. The first kappa shape index (κ1) is 14.4. The number of aryl methyl sites for hydroxylation is 1. The van der Waals surface area contributed by atoms with Crippen LogP contribution in [0.3, 0.4) is 0 Å². The first-order valence-electron chi connectivity index (χ1n) is 6.21. The van der Waals surface area contributed by atoms with Gasteiger partial charge in [0, 0.05) is 30.6 Å². The lowest BCUT2D eigenvalue weighted by Gasteiger charge is -2.09. The van der Waals surface area contributed by atoms with Crippen LogP contribution < -0.4 is 10.6 Å². The van der Waals surface area contributed by atoms with Gasteiger partial charge < -0.3 is 10.6 Å². The molecule has 0 spiro atoms. The molecule has 2 rings (SSSR count). The molecule has 2 aromatic rings. The summed E-state index contributed by atoms with van der Waals surface area (Å²) in [5.74, 6) is -0.436. The summed E-state index contributed by atoms with van der Waals surface area (Å²) >= 11 is 0. The molecular formula is C14H14N4O3. The van der Waals surface area contributed by atoms with Crippen LogP contribution in [0.5, 0.6) is 0 Å². The second-order valence-electron chi connectivity index (χ2n) is 4.38. The Balaban J connectivity index is 2.30. The molecule has 1 aromatic heterocycles. The van der Waals surface area contributed by atoms with Gasteiger partial charge in [-0.3, -0.25) is 19.9 Å². The molecule has 0 fully saturated rings. The lowest BCUT2D eigenvalue weighted by Crippen LogP contribution is -2.14. The van der Waals surface area contributed by atoms with Crippen LogP contribution >= 0.6 is 0 Å². The van der Waals surface area contributed by atoms with E-state index >= 15 is 0 Å². The lowest BCUT2D eigenvalue weighted by atomic mass is 10.1. The SMILES string of the molecule is CNc1ccc([N+](=O)[O-])cc1C(=O)Nc1ccc(C)nc1. The second kappa shape index (κ2) is 6.00. The van der Waals surface area contributed by atoms with Gasteiger partial charge in [-0.05, 0) is 25.1 Å². The molecule has 0 saturated carbocycles. The van der Waals surface area contributed by atoms with E-state index in [-0.39, 0.29) is 11.3 Å². The van der Waals surface area contributed by atoms with Gasteiger partial charge >= 0.3 is 0 Å². The number of non-ortho nitro benzene ring substituents is 1. The van der Waals surface area contributed by atoms with Crippen LogP contribution in [0, 0.1) is 17.0 Å². The van der Waals surface area contributed by atoms with E-state index in [4.69, 9.17) is 0 Å². The van der Waals surface area contributed by atoms with Crippen LogP contribution in [0.1, 0.15) is 16.1 Å². The predicted octanol–water partition coefficient (Wildman–Crippen LogP) is 2.59. The van der Waals surface area contributed by atoms with Crippen molar-refractivity contribution in [3.05, 3.63) is 57.9 Å². The molecule has 0 saturated heterocycles. The van der Waals surface area contributed by atoms with Crippen LogP contribution in [-0.2, 0) is 0 Å². The van der Waals surface area contributed by atoms with Crippen molar-refractivity contribution >= 4 is 23.0 Å². The molecule has 1 amide bonds. The van der Waals surface area contributed by atoms with Gasteiger partial charge in [0.05, 0.1) is 22.4 Å². The summed E-state index contributed by atoms with van der Waals surface area (Å²) in [6.07, 6.45) is 1.53. The molecule has 0 unspecified atom stereocenters. The molecular weight excluding hydrogens is 272 g/mol. The molecule has 7 heteroatoms. The van der Waals surface area contributed by atoms with Gasteiger partial charge in [0.25, 0.3) is 11.6 Å². The highest BCUT2D eigenvalue weighted by Gasteiger charge is 2.16. The van der Waals surface area contributed by atoms with Gasteiger partial charge in [-0.25, -0.2) is 0 Å². The monoisotopic (exact) mass is 286 g/mol. The van der Waals surface area contributed by atoms with Crippen molar-refractivity contribution in [1.82, 2.24) is 4.98 Å². The van der Waals surface area contributed by atoms with E-state index in [9.17, 15) is 14.9 Å². The summed E-state index contributed by atoms with van der Waals surface area (Å²) < 4.78 is 0. The number of nitrogens with one attached hydrogen (secondary N) is 2. The molecule has 0 bridgehead atoms. The summed E-state index contributed by atoms with van der Waals surface area (Å²) in [6, 6.07) is 7.57. The number of rotatable bonds is 4. The third kappa shape index (κ3) is 3.33. The van der Waals surface area contributed by atoms with Gasteiger partial charge in [0.15, 0.2) is 0 Å². The summed E-state index contributed by atoms with van der Waals surface area (Å²) in [5, 5.41) is 16.3. The van der Waals surface area contributed by atoms with Crippen molar-refractivity contribution in [3.8, 4) is 0 Å². The van der Waals surface area contributed by atoms with Crippen molar-refractivity contribution in [2.75, 3.05) is 17.7 Å². The molecule has 0 aliphatic rings. The topological polar surface area (TPSA) is 97.2 Å². The largest absolute Gasteiger partial charge is 0.387 e. The standard InChI is InChI=1S/C14H14N4O3/c1-9-3-4-10(8-16-9)17-14(19)12-7-11(18(20)21)5-6-13(12)15-2/h3-8,15H,1-2H3,(H,17,19). The third-order valence-electron chi connectivity index (χ3n) is 2.90. The highest BCUT2D eigenvalue weighted by molar-refractivity contribution is 6.08. The number of benzene rings is 1. The number of pyridine rings is 1. The number of nitrogens with zero attached hydrogens (tertiary/aromatic N) is 2. The highest BCUT2D eigenvalue weighted by atomic mass is 16.6. The first-order chi connectivity index (χ1) is 10.0. The maximum Gasteiger partial charge on any atom is 0.270 e. The fraction of sp³-hybridized carbons (Fsp3) is 0.143. The average Bonchev–Trinajstić information content (AvgIpc) is 2.48. The van der Waals surface area contributed by atoms with Crippen LogP contribution in [0.15, 0.2) is 36.5 Å². The normalized spacial score (nSPS) is 10.0. The molecule has 108 valence electrons. The second-order valence-corrected chi connectivity index (χ2v) is 4.38. The van der Waals surface area contributed by atoms with E-state index in [0.29, 0.717) is 11.4 Å². The number of nitro benzene ring substituents is 1. The Hall–Kier alpha value is -2.96. The first-order valence-corrected chi connectivity index (χ1v) is 6.21. The Morgan fingerprint density at radius 3 is 2.62 bits per heavy atom. The van der Waals surface area contributed by atoms with Gasteiger partial charge in [-0.2, -0.15) is 0 Å². The Bertz CT molecular complexity index is 683. The van der Waals surface area contributed by atoms with Crippen molar-refractivity contribution in [3.63, 3.8) is 0 Å². The molecule has 0 atom stereocenters. The molecule has 2 N–H and O–H groups in total. The van der Waals surface area contributed by atoms with Crippen molar-refractivity contribution in [2.45, 2.75) is 6.92 Å². The number of anilines is 2. The zero-order valence-electron chi connectivity index (χ0n) is 11.6. The summed E-state index contributed by atoms with van der Waals surface area (Å²) in [7, 11) is 1.64. The minimum absolute atomic E-state index is 0.138. The van der Waals surface area contributed by atoms with Gasteiger partial charge in [0.1, 0.15) is 0 Å². The van der Waals surface area contributed by atoms with Crippen molar-refractivity contribution in [2.24, 2.45) is 0 Å². The number of carbonyl (C=O) groups is 1. The van der Waals surface area contributed by atoms with Crippen LogP contribution in [0.25, 0.3) is 0 Å². The fourth-order valence-corrected chi connectivity index (χ4v) is 1.79. The fourth-order valence-electron chi connectivity index (χ4n) is 1.79. The van der Waals surface area contributed by atoms with Crippen molar-refractivity contribution in [1.29, 1.82) is 0 Å². The molecule has 0 aliphatic carbocycles. The smallest absolute Gasteiger partial charge is 0.270 e. The summed E-state index contributed by atoms with van der Waals surface area (Å²) in [4.78, 5) is 26.6. The van der Waals surface area contributed by atoms with Crippen LogP contribution in [-0.4, -0.2) is 22.9 Å². The number of nitro groups is 1. The molecule has 1 aromatic carbocycles. The number of aromatic nitrogens is 1. The number of carbonyl (C=O) groups excluding carboxylic acids is 1. The summed E-state index contributed by atoms with van der Waals surface area (Å²) in [5.41, 5.74) is 1.94. The van der Waals surface area contributed by atoms with Gasteiger partial charge in [0.2, 0.25) is 0 Å². The van der Waals surface area contributed by atoms with Crippen LogP contribution in [0.2, 0.25) is 0 Å². The number of hydrogen-bond donors (Lipinski definition) is 2. The van der Waals surface area contributed by atoms with E-state index in [1.54, 1.807) is 19.2 Å². The molecule has 7 nitrogen and oxygen atoms in total. The average molecular weight is 286 g/mol. The lowest BCUT2D eigenvalue weighted by molar-refractivity contribution is -0.384. The van der Waals surface area contributed by atoms with E-state index < -0.39 is 10.8 Å².